The van der Waals surface area contributed by atoms with E-state index in [9.17, 15) is 14.7 Å². The Kier molecular flexibility index (Phi) is 13.1. The van der Waals surface area contributed by atoms with Gasteiger partial charge in [-0.25, -0.2) is 4.79 Å². The van der Waals surface area contributed by atoms with Crippen LogP contribution in [0.4, 0.5) is 0 Å². The van der Waals surface area contributed by atoms with Crippen molar-refractivity contribution in [3.05, 3.63) is 106 Å². The normalized spacial score (nSPS) is 16.0. The summed E-state index contributed by atoms with van der Waals surface area (Å²) >= 11 is 0. The quantitative estimate of drug-likeness (QED) is 0.242. The predicted octanol–water partition coefficient (Wildman–Crippen LogP) is 7.40. The SMILES string of the molecule is Cc1c(CN2CCC(CCCC(=O)c3ccc4c(c3)CCN(Cc3ccccc3)CC4)CC2)cccc1C(=O)O.Cl.Cl. The first-order valence-corrected chi connectivity index (χ1v) is 14.9. The van der Waals surface area contributed by atoms with Crippen molar-refractivity contribution >= 4 is 36.6 Å². The van der Waals surface area contributed by atoms with E-state index >= 15 is 0 Å². The summed E-state index contributed by atoms with van der Waals surface area (Å²) in [7, 11) is 0. The van der Waals surface area contributed by atoms with Crippen molar-refractivity contribution in [2.75, 3.05) is 26.2 Å². The molecule has 0 aromatic heterocycles. The van der Waals surface area contributed by atoms with Crippen LogP contribution < -0.4 is 0 Å². The van der Waals surface area contributed by atoms with Gasteiger partial charge in [0.2, 0.25) is 0 Å². The van der Waals surface area contributed by atoms with Crippen LogP contribution in [0.25, 0.3) is 0 Å². The van der Waals surface area contributed by atoms with Gasteiger partial charge >= 0.3 is 5.97 Å². The second-order valence-electron chi connectivity index (χ2n) is 11.7. The van der Waals surface area contributed by atoms with Crippen molar-refractivity contribution < 1.29 is 14.7 Å². The highest BCUT2D eigenvalue weighted by molar-refractivity contribution is 5.96. The maximum atomic E-state index is 13.1. The first kappa shape index (κ1) is 33.8. The van der Waals surface area contributed by atoms with Crippen molar-refractivity contribution in [1.29, 1.82) is 0 Å². The number of likely N-dealkylation sites (tertiary alicyclic amines) is 1. The summed E-state index contributed by atoms with van der Waals surface area (Å²) in [4.78, 5) is 29.5. The van der Waals surface area contributed by atoms with Crippen molar-refractivity contribution in [3.8, 4) is 0 Å². The number of Topliss-reactive ketones (excluding diaryl/α,β-unsaturated/α-hetero) is 1. The van der Waals surface area contributed by atoms with Crippen LogP contribution in [0.5, 0.6) is 0 Å². The molecule has 0 aliphatic carbocycles. The highest BCUT2D eigenvalue weighted by atomic mass is 35.5. The molecule has 2 aliphatic rings. The zero-order chi connectivity index (χ0) is 27.9. The minimum absolute atomic E-state index is 0. The molecule has 0 spiro atoms. The van der Waals surface area contributed by atoms with Crippen molar-refractivity contribution in [2.24, 2.45) is 5.92 Å². The smallest absolute Gasteiger partial charge is 0.335 e. The molecule has 7 heteroatoms. The standard InChI is InChI=1S/C35H42N2O3.2ClH/c1-26-32(10-6-11-33(26)35(39)40)25-37-19-15-27(16-20-37)9-5-12-34(38)31-14-13-29-17-21-36(22-18-30(29)23-31)24-28-7-3-2-4-8-28;;/h2-4,6-8,10-11,13-14,23,27H,5,9,12,15-22,24-25H2,1H3,(H,39,40);2*1H. The van der Waals surface area contributed by atoms with Crippen molar-refractivity contribution in [1.82, 2.24) is 9.80 Å². The molecule has 0 atom stereocenters. The highest BCUT2D eigenvalue weighted by Gasteiger charge is 2.21. The minimum Gasteiger partial charge on any atom is -0.478 e. The van der Waals surface area contributed by atoms with Crippen LogP contribution in [0, 0.1) is 12.8 Å². The summed E-state index contributed by atoms with van der Waals surface area (Å²) < 4.78 is 0. The van der Waals surface area contributed by atoms with E-state index in [1.165, 1.54) is 16.7 Å². The summed E-state index contributed by atoms with van der Waals surface area (Å²) in [6.45, 7) is 7.85. The first-order valence-electron chi connectivity index (χ1n) is 14.9. The fraction of sp³-hybridized carbons (Fsp3) is 0.429. The number of carbonyl (C=O) groups is 2. The van der Waals surface area contributed by atoms with Crippen molar-refractivity contribution in [3.63, 3.8) is 0 Å². The third-order valence-corrected chi connectivity index (χ3v) is 8.97. The Labute approximate surface area is 263 Å². The zero-order valence-electron chi connectivity index (χ0n) is 24.6. The lowest BCUT2D eigenvalue weighted by Gasteiger charge is -2.32. The minimum atomic E-state index is -0.857. The second-order valence-corrected chi connectivity index (χ2v) is 11.7. The Morgan fingerprint density at radius 3 is 2.21 bits per heavy atom. The molecule has 5 nitrogen and oxygen atoms in total. The summed E-state index contributed by atoms with van der Waals surface area (Å²) in [5, 5.41) is 9.40. The fourth-order valence-corrected chi connectivity index (χ4v) is 6.40. The number of benzene rings is 3. The van der Waals surface area contributed by atoms with Gasteiger partial charge < -0.3 is 5.11 Å². The van der Waals surface area contributed by atoms with E-state index in [1.54, 1.807) is 6.07 Å². The third kappa shape index (κ3) is 8.90. The number of carbonyl (C=O) groups excluding carboxylic acids is 1. The van der Waals surface area contributed by atoms with Gasteiger partial charge in [-0.3, -0.25) is 14.6 Å². The maximum Gasteiger partial charge on any atom is 0.335 e. The number of fused-ring (bicyclic) bond motifs is 1. The number of carboxylic acid groups (broad SMARTS) is 1. The lowest BCUT2D eigenvalue weighted by Crippen LogP contribution is -2.33. The van der Waals surface area contributed by atoms with Gasteiger partial charge in [-0.15, -0.1) is 24.8 Å². The van der Waals surface area contributed by atoms with Crippen LogP contribution in [-0.2, 0) is 25.9 Å². The highest BCUT2D eigenvalue weighted by Crippen LogP contribution is 2.26. The zero-order valence-corrected chi connectivity index (χ0v) is 26.2. The van der Waals surface area contributed by atoms with E-state index in [0.717, 1.165) is 94.5 Å². The van der Waals surface area contributed by atoms with Gasteiger partial charge in [-0.05, 0) is 104 Å². The van der Waals surface area contributed by atoms with Crippen LogP contribution in [-0.4, -0.2) is 52.8 Å². The van der Waals surface area contributed by atoms with E-state index in [4.69, 9.17) is 0 Å². The number of nitrogens with zero attached hydrogens (tertiary/aromatic N) is 2. The van der Waals surface area contributed by atoms with Crippen LogP contribution >= 0.6 is 24.8 Å². The monoisotopic (exact) mass is 610 g/mol. The number of hydrogen-bond acceptors (Lipinski definition) is 4. The molecule has 42 heavy (non-hydrogen) atoms. The fourth-order valence-electron chi connectivity index (χ4n) is 6.40. The van der Waals surface area contributed by atoms with Crippen molar-refractivity contribution in [2.45, 2.75) is 65.0 Å². The average molecular weight is 612 g/mol. The molecule has 226 valence electrons. The van der Waals surface area contributed by atoms with Crippen LogP contribution in [0.15, 0.2) is 66.7 Å². The van der Waals surface area contributed by atoms with Gasteiger partial charge in [0.1, 0.15) is 0 Å². The number of carboxylic acids is 1. The lowest BCUT2D eigenvalue weighted by molar-refractivity contribution is 0.0695. The predicted molar refractivity (Wildman–Crippen MR) is 174 cm³/mol. The number of rotatable bonds is 10. The summed E-state index contributed by atoms with van der Waals surface area (Å²) in [5.41, 5.74) is 7.35. The van der Waals surface area contributed by atoms with E-state index < -0.39 is 5.97 Å². The van der Waals surface area contributed by atoms with Gasteiger partial charge in [-0.1, -0.05) is 54.6 Å². The van der Waals surface area contributed by atoms with Gasteiger partial charge in [0.05, 0.1) is 5.56 Å². The Morgan fingerprint density at radius 1 is 0.810 bits per heavy atom. The van der Waals surface area contributed by atoms with E-state index in [-0.39, 0.29) is 30.6 Å². The Morgan fingerprint density at radius 2 is 1.50 bits per heavy atom. The molecule has 0 saturated carbocycles. The van der Waals surface area contributed by atoms with Gasteiger partial charge in [-0.2, -0.15) is 0 Å². The van der Waals surface area contributed by atoms with Gasteiger partial charge in [0.15, 0.2) is 5.78 Å². The Balaban J connectivity index is 0.00000242. The van der Waals surface area contributed by atoms with E-state index in [2.05, 4.69) is 52.3 Å². The molecule has 3 aromatic carbocycles. The van der Waals surface area contributed by atoms with Crippen LogP contribution in [0.1, 0.15) is 80.6 Å². The molecule has 1 N–H and O–H groups in total. The molecule has 5 rings (SSSR count). The van der Waals surface area contributed by atoms with Gasteiger partial charge in [0.25, 0.3) is 0 Å². The third-order valence-electron chi connectivity index (χ3n) is 8.97. The van der Waals surface area contributed by atoms with Crippen LogP contribution in [0.2, 0.25) is 0 Å². The molecule has 0 unspecified atom stereocenters. The molecule has 0 bridgehead atoms. The average Bonchev–Trinajstić information content (AvgIpc) is 3.17. The molecule has 1 fully saturated rings. The molecule has 2 heterocycles. The number of halogens is 2. The molecular weight excluding hydrogens is 567 g/mol. The number of aromatic carboxylic acids is 1. The summed E-state index contributed by atoms with van der Waals surface area (Å²) in [5.74, 6) is 0.0847. The summed E-state index contributed by atoms with van der Waals surface area (Å²) in [6.07, 6.45) is 7.01. The number of hydrogen-bond donors (Lipinski definition) is 1. The molecule has 2 aliphatic heterocycles. The molecule has 3 aromatic rings. The Hall–Kier alpha value is -2.70. The first-order chi connectivity index (χ1) is 19.5. The molecule has 1 saturated heterocycles. The number of piperidine rings is 1. The topological polar surface area (TPSA) is 60.9 Å². The van der Waals surface area contributed by atoms with E-state index in [0.29, 0.717) is 17.9 Å². The largest absolute Gasteiger partial charge is 0.478 e. The van der Waals surface area contributed by atoms with E-state index in [1.807, 2.05) is 25.1 Å². The lowest BCUT2D eigenvalue weighted by atomic mass is 9.90. The summed E-state index contributed by atoms with van der Waals surface area (Å²) in [6, 6.07) is 22.7. The number of ketones is 1. The molecule has 0 radical (unpaired) electrons. The second kappa shape index (κ2) is 16.2. The maximum absolute atomic E-state index is 13.1. The Bertz CT molecular complexity index is 1320. The van der Waals surface area contributed by atoms with Gasteiger partial charge in [0, 0.05) is 38.2 Å². The molecular formula is C35H44Cl2N2O3. The molecule has 0 amide bonds. The van der Waals surface area contributed by atoms with Crippen LogP contribution in [0.3, 0.4) is 0 Å².